The topological polar surface area (TPSA) is 146 Å². The number of nitro groups is 1. The molecule has 0 unspecified atom stereocenters. The number of carbonyl (C=O) groups excluding carboxylic acids is 1. The molecule has 0 saturated heterocycles. The number of hydrogen-bond acceptors (Lipinski definition) is 8. The predicted octanol–water partition coefficient (Wildman–Crippen LogP) is 3.43. The fourth-order valence-electron chi connectivity index (χ4n) is 2.94. The fraction of sp³-hybridized carbons (Fsp3) is 0.136. The molecular formula is C22H21N3O8S. The zero-order valence-corrected chi connectivity index (χ0v) is 19.0. The van der Waals surface area contributed by atoms with E-state index >= 15 is 0 Å². The number of sulfonamides is 1. The lowest BCUT2D eigenvalue weighted by atomic mass is 10.3. The lowest BCUT2D eigenvalue weighted by Crippen LogP contribution is -2.21. The van der Waals surface area contributed by atoms with Crippen LogP contribution in [0.4, 0.5) is 17.1 Å². The smallest absolute Gasteiger partial charge is 0.310 e. The van der Waals surface area contributed by atoms with E-state index in [-0.39, 0.29) is 33.5 Å². The highest BCUT2D eigenvalue weighted by Gasteiger charge is 2.20. The number of amides is 1. The van der Waals surface area contributed by atoms with Crippen LogP contribution in [0.1, 0.15) is 0 Å². The quantitative estimate of drug-likeness (QED) is 0.327. The Hall–Kier alpha value is -4.32. The zero-order valence-electron chi connectivity index (χ0n) is 18.2. The van der Waals surface area contributed by atoms with E-state index in [0.717, 1.165) is 0 Å². The fourth-order valence-corrected chi connectivity index (χ4v) is 4.04. The molecule has 2 N–H and O–H groups in total. The number of carbonyl (C=O) groups is 1. The molecule has 0 bridgehead atoms. The Morgan fingerprint density at radius 1 is 0.912 bits per heavy atom. The second-order valence-corrected chi connectivity index (χ2v) is 8.41. The summed E-state index contributed by atoms with van der Waals surface area (Å²) in [6.45, 7) is -0.551. The molecule has 0 fully saturated rings. The highest BCUT2D eigenvalue weighted by Crippen LogP contribution is 2.31. The van der Waals surface area contributed by atoms with Crippen LogP contribution in [0.15, 0.2) is 71.6 Å². The molecular weight excluding hydrogens is 466 g/mol. The van der Waals surface area contributed by atoms with Gasteiger partial charge in [0.1, 0.15) is 11.5 Å². The van der Waals surface area contributed by atoms with Gasteiger partial charge in [0, 0.05) is 6.07 Å². The molecule has 0 heterocycles. The van der Waals surface area contributed by atoms with E-state index in [1.165, 1.54) is 56.7 Å². The summed E-state index contributed by atoms with van der Waals surface area (Å²) in [5.74, 6) is -0.216. The molecule has 0 aliphatic heterocycles. The maximum Gasteiger partial charge on any atom is 0.310 e. The summed E-state index contributed by atoms with van der Waals surface area (Å²) in [7, 11) is -1.27. The molecule has 0 radical (unpaired) electrons. The van der Waals surface area contributed by atoms with E-state index in [0.29, 0.717) is 5.75 Å². The van der Waals surface area contributed by atoms with Crippen LogP contribution in [0.3, 0.4) is 0 Å². The van der Waals surface area contributed by atoms with Gasteiger partial charge in [0.25, 0.3) is 15.9 Å². The summed E-state index contributed by atoms with van der Waals surface area (Å²) in [4.78, 5) is 22.7. The molecule has 0 saturated carbocycles. The molecule has 12 heteroatoms. The average molecular weight is 487 g/mol. The summed E-state index contributed by atoms with van der Waals surface area (Å²) in [6.07, 6.45) is 0. The normalized spacial score (nSPS) is 10.8. The second-order valence-electron chi connectivity index (χ2n) is 6.73. The Kier molecular flexibility index (Phi) is 7.53. The molecule has 0 aliphatic rings. The van der Waals surface area contributed by atoms with E-state index in [9.17, 15) is 23.3 Å². The van der Waals surface area contributed by atoms with Crippen molar-refractivity contribution in [2.24, 2.45) is 0 Å². The molecule has 3 rings (SSSR count). The monoisotopic (exact) mass is 487 g/mol. The first-order chi connectivity index (χ1) is 16.2. The van der Waals surface area contributed by atoms with Gasteiger partial charge in [0.05, 0.1) is 35.4 Å². The van der Waals surface area contributed by atoms with Crippen molar-refractivity contribution in [2.45, 2.75) is 4.90 Å². The van der Waals surface area contributed by atoms with Gasteiger partial charge in [-0.25, -0.2) is 8.42 Å². The number of nitrogens with zero attached hydrogens (tertiary/aromatic N) is 1. The summed E-state index contributed by atoms with van der Waals surface area (Å²) in [5, 5.41) is 13.6. The Morgan fingerprint density at radius 2 is 1.53 bits per heavy atom. The van der Waals surface area contributed by atoms with E-state index < -0.39 is 27.5 Å². The molecule has 3 aromatic rings. The molecule has 1 amide bonds. The number of anilines is 2. The van der Waals surface area contributed by atoms with Crippen molar-refractivity contribution in [2.75, 3.05) is 30.9 Å². The number of hydrogen-bond donors (Lipinski definition) is 2. The van der Waals surface area contributed by atoms with E-state index in [1.54, 1.807) is 24.3 Å². The second kappa shape index (κ2) is 10.5. The molecule has 0 atom stereocenters. The SMILES string of the molecule is COc1ccc(S(=O)(=O)Nc2ccccc2OC)cc1NC(=O)COc1ccccc1[N+](=O)[O-]. The Balaban J connectivity index is 1.79. The lowest BCUT2D eigenvalue weighted by molar-refractivity contribution is -0.385. The van der Waals surface area contributed by atoms with Crippen molar-refractivity contribution in [3.63, 3.8) is 0 Å². The number of nitro benzene ring substituents is 1. The van der Waals surface area contributed by atoms with Gasteiger partial charge in [-0.3, -0.25) is 19.6 Å². The Bertz CT molecular complexity index is 1310. The van der Waals surface area contributed by atoms with Gasteiger partial charge in [-0.05, 0) is 36.4 Å². The number of rotatable bonds is 10. The van der Waals surface area contributed by atoms with Crippen LogP contribution in [0.2, 0.25) is 0 Å². The Labute approximate surface area is 195 Å². The van der Waals surface area contributed by atoms with Crippen LogP contribution < -0.4 is 24.2 Å². The highest BCUT2D eigenvalue weighted by molar-refractivity contribution is 7.92. The maximum atomic E-state index is 12.9. The summed E-state index contributed by atoms with van der Waals surface area (Å²) < 4.78 is 43.9. The van der Waals surface area contributed by atoms with Gasteiger partial charge < -0.3 is 19.5 Å². The first-order valence-corrected chi connectivity index (χ1v) is 11.2. The van der Waals surface area contributed by atoms with Gasteiger partial charge >= 0.3 is 5.69 Å². The van der Waals surface area contributed by atoms with Gasteiger partial charge in [-0.1, -0.05) is 24.3 Å². The van der Waals surface area contributed by atoms with Crippen molar-refractivity contribution in [3.8, 4) is 17.2 Å². The van der Waals surface area contributed by atoms with Crippen LogP contribution in [0.5, 0.6) is 17.2 Å². The van der Waals surface area contributed by atoms with Crippen LogP contribution in [-0.4, -0.2) is 40.1 Å². The van der Waals surface area contributed by atoms with E-state index in [4.69, 9.17) is 14.2 Å². The van der Waals surface area contributed by atoms with E-state index in [2.05, 4.69) is 10.0 Å². The molecule has 11 nitrogen and oxygen atoms in total. The lowest BCUT2D eigenvalue weighted by Gasteiger charge is -2.15. The molecule has 178 valence electrons. The predicted molar refractivity (Wildman–Crippen MR) is 124 cm³/mol. The first kappa shape index (κ1) is 24.3. The standard InChI is InChI=1S/C22H21N3O8S/c1-31-19-9-5-3-7-16(19)24-34(29,30)15-11-12-20(32-2)17(13-15)23-22(26)14-33-21-10-6-4-8-18(21)25(27)28/h3-13,24H,14H2,1-2H3,(H,23,26). The minimum Gasteiger partial charge on any atom is -0.495 e. The van der Waals surface area contributed by atoms with Gasteiger partial charge in [0.15, 0.2) is 12.4 Å². The van der Waals surface area contributed by atoms with Gasteiger partial charge in [-0.15, -0.1) is 0 Å². The third-order valence-electron chi connectivity index (χ3n) is 4.53. The van der Waals surface area contributed by atoms with Crippen molar-refractivity contribution in [1.29, 1.82) is 0 Å². The number of ether oxygens (including phenoxy) is 3. The van der Waals surface area contributed by atoms with Gasteiger partial charge in [0.2, 0.25) is 0 Å². The largest absolute Gasteiger partial charge is 0.495 e. The zero-order chi connectivity index (χ0) is 24.7. The number of para-hydroxylation sites is 4. The van der Waals surface area contributed by atoms with Crippen LogP contribution in [0.25, 0.3) is 0 Å². The Morgan fingerprint density at radius 3 is 2.21 bits per heavy atom. The van der Waals surface area contributed by atoms with E-state index in [1.807, 2.05) is 0 Å². The third kappa shape index (κ3) is 5.72. The summed E-state index contributed by atoms with van der Waals surface area (Å²) >= 11 is 0. The molecule has 0 aromatic heterocycles. The molecule has 0 spiro atoms. The minimum absolute atomic E-state index is 0.0709. The number of methoxy groups -OCH3 is 2. The van der Waals surface area contributed by atoms with Gasteiger partial charge in [-0.2, -0.15) is 0 Å². The highest BCUT2D eigenvalue weighted by atomic mass is 32.2. The van der Waals surface area contributed by atoms with Crippen molar-refractivity contribution >= 4 is 33.0 Å². The van der Waals surface area contributed by atoms with Crippen molar-refractivity contribution in [3.05, 3.63) is 76.8 Å². The van der Waals surface area contributed by atoms with Crippen molar-refractivity contribution < 1.29 is 32.3 Å². The molecule has 0 aliphatic carbocycles. The number of benzene rings is 3. The average Bonchev–Trinajstić information content (AvgIpc) is 2.83. The third-order valence-corrected chi connectivity index (χ3v) is 5.89. The van der Waals surface area contributed by atoms with Crippen LogP contribution in [-0.2, 0) is 14.8 Å². The maximum absolute atomic E-state index is 12.9. The van der Waals surface area contributed by atoms with Crippen molar-refractivity contribution in [1.82, 2.24) is 0 Å². The minimum atomic E-state index is -4.04. The van der Waals surface area contributed by atoms with Crippen LogP contribution >= 0.6 is 0 Å². The summed E-state index contributed by atoms with van der Waals surface area (Å²) in [5.41, 5.74) is 0.0224. The molecule has 3 aromatic carbocycles. The van der Waals surface area contributed by atoms with Crippen LogP contribution in [0, 0.1) is 10.1 Å². The summed E-state index contributed by atoms with van der Waals surface area (Å²) in [6, 6.07) is 16.0. The molecule has 34 heavy (non-hydrogen) atoms. The first-order valence-electron chi connectivity index (χ1n) is 9.75. The number of nitrogens with one attached hydrogen (secondary N) is 2.